The summed E-state index contributed by atoms with van der Waals surface area (Å²) >= 11 is 0. The molecule has 0 spiro atoms. The van der Waals surface area contributed by atoms with Gasteiger partial charge in [0.15, 0.2) is 0 Å². The summed E-state index contributed by atoms with van der Waals surface area (Å²) in [7, 11) is 1.79. The number of aromatic nitrogens is 2. The van der Waals surface area contributed by atoms with E-state index >= 15 is 0 Å². The van der Waals surface area contributed by atoms with Crippen LogP contribution in [-0.4, -0.2) is 27.6 Å². The fraction of sp³-hybridized carbons (Fsp3) is 0.375. The zero-order valence-electron chi connectivity index (χ0n) is 13.1. The molecule has 0 aliphatic carbocycles. The second-order valence-corrected chi connectivity index (χ2v) is 5.36. The summed E-state index contributed by atoms with van der Waals surface area (Å²) in [4.78, 5) is 14.3. The van der Waals surface area contributed by atoms with E-state index in [1.807, 2.05) is 6.92 Å². The van der Waals surface area contributed by atoms with Gasteiger partial charge in [0.1, 0.15) is 5.69 Å². The molecule has 0 bridgehead atoms. The number of carbonyl (C=O) groups is 1. The smallest absolute Gasteiger partial charge is 0.274 e. The van der Waals surface area contributed by atoms with E-state index in [-0.39, 0.29) is 5.91 Å². The SMILES string of the molecule is CCn1ncc(N)c1C(=O)N(C)Cc1ccc(C)cc1C. The molecule has 1 aromatic heterocycles. The number of carbonyl (C=O) groups excluding carboxylic acids is 1. The summed E-state index contributed by atoms with van der Waals surface area (Å²) in [6, 6.07) is 6.25. The van der Waals surface area contributed by atoms with Gasteiger partial charge in [0.25, 0.3) is 5.91 Å². The van der Waals surface area contributed by atoms with Crippen LogP contribution in [0.3, 0.4) is 0 Å². The number of nitrogen functional groups attached to an aromatic ring is 1. The molecule has 1 amide bonds. The van der Waals surface area contributed by atoms with E-state index in [9.17, 15) is 4.79 Å². The molecule has 21 heavy (non-hydrogen) atoms. The molecule has 0 radical (unpaired) electrons. The topological polar surface area (TPSA) is 64.2 Å². The Bertz CT molecular complexity index is 660. The number of rotatable bonds is 4. The van der Waals surface area contributed by atoms with Gasteiger partial charge in [0.05, 0.1) is 11.9 Å². The maximum absolute atomic E-state index is 12.6. The maximum atomic E-state index is 12.6. The van der Waals surface area contributed by atoms with Crippen LogP contribution >= 0.6 is 0 Å². The Kier molecular flexibility index (Phi) is 4.31. The summed E-state index contributed by atoms with van der Waals surface area (Å²) in [6.07, 6.45) is 1.53. The van der Waals surface area contributed by atoms with Gasteiger partial charge < -0.3 is 10.6 Å². The molecule has 0 fully saturated rings. The average molecular weight is 286 g/mol. The maximum Gasteiger partial charge on any atom is 0.274 e. The lowest BCUT2D eigenvalue weighted by molar-refractivity contribution is 0.0773. The van der Waals surface area contributed by atoms with E-state index < -0.39 is 0 Å². The minimum Gasteiger partial charge on any atom is -0.396 e. The van der Waals surface area contributed by atoms with Crippen molar-refractivity contribution in [2.45, 2.75) is 33.9 Å². The van der Waals surface area contributed by atoms with E-state index in [4.69, 9.17) is 5.73 Å². The largest absolute Gasteiger partial charge is 0.396 e. The molecule has 2 aromatic rings. The van der Waals surface area contributed by atoms with Gasteiger partial charge in [0, 0.05) is 20.1 Å². The van der Waals surface area contributed by atoms with E-state index in [2.05, 4.69) is 37.1 Å². The van der Waals surface area contributed by atoms with Crippen LogP contribution in [0.5, 0.6) is 0 Å². The van der Waals surface area contributed by atoms with Crippen LogP contribution in [0.4, 0.5) is 5.69 Å². The fourth-order valence-electron chi connectivity index (χ4n) is 2.40. The lowest BCUT2D eigenvalue weighted by Crippen LogP contribution is -2.29. The van der Waals surface area contributed by atoms with Crippen LogP contribution in [0.25, 0.3) is 0 Å². The Labute approximate surface area is 125 Å². The zero-order valence-corrected chi connectivity index (χ0v) is 13.1. The summed E-state index contributed by atoms with van der Waals surface area (Å²) in [5.41, 5.74) is 10.3. The highest BCUT2D eigenvalue weighted by Gasteiger charge is 2.20. The Hall–Kier alpha value is -2.30. The van der Waals surface area contributed by atoms with Gasteiger partial charge in [-0.2, -0.15) is 5.10 Å². The molecule has 2 N–H and O–H groups in total. The molecule has 0 saturated heterocycles. The number of nitrogens with two attached hydrogens (primary N) is 1. The van der Waals surface area contributed by atoms with Crippen molar-refractivity contribution in [2.75, 3.05) is 12.8 Å². The zero-order chi connectivity index (χ0) is 15.6. The predicted molar refractivity (Wildman–Crippen MR) is 84.0 cm³/mol. The Morgan fingerprint density at radius 1 is 1.38 bits per heavy atom. The van der Waals surface area contributed by atoms with Crippen molar-refractivity contribution >= 4 is 11.6 Å². The number of hydrogen-bond donors (Lipinski definition) is 1. The second kappa shape index (κ2) is 5.99. The van der Waals surface area contributed by atoms with Gasteiger partial charge in [0.2, 0.25) is 0 Å². The normalized spacial score (nSPS) is 10.7. The molecule has 0 atom stereocenters. The van der Waals surface area contributed by atoms with Gasteiger partial charge in [-0.15, -0.1) is 0 Å². The first-order valence-corrected chi connectivity index (χ1v) is 7.07. The third-order valence-electron chi connectivity index (χ3n) is 3.62. The molecule has 1 heterocycles. The van der Waals surface area contributed by atoms with E-state index in [0.717, 1.165) is 5.56 Å². The van der Waals surface area contributed by atoms with E-state index in [0.29, 0.717) is 24.5 Å². The van der Waals surface area contributed by atoms with Gasteiger partial charge >= 0.3 is 0 Å². The number of amides is 1. The van der Waals surface area contributed by atoms with E-state index in [1.165, 1.54) is 17.3 Å². The monoisotopic (exact) mass is 286 g/mol. The third-order valence-corrected chi connectivity index (χ3v) is 3.62. The minimum absolute atomic E-state index is 0.105. The lowest BCUT2D eigenvalue weighted by atomic mass is 10.1. The van der Waals surface area contributed by atoms with Crippen molar-refractivity contribution < 1.29 is 4.79 Å². The molecule has 0 aliphatic rings. The Morgan fingerprint density at radius 3 is 2.71 bits per heavy atom. The first kappa shape index (κ1) is 15.1. The average Bonchev–Trinajstić information content (AvgIpc) is 2.82. The molecule has 2 rings (SSSR count). The minimum atomic E-state index is -0.105. The van der Waals surface area contributed by atoms with Crippen LogP contribution in [0, 0.1) is 13.8 Å². The van der Waals surface area contributed by atoms with Crippen molar-refractivity contribution in [3.63, 3.8) is 0 Å². The van der Waals surface area contributed by atoms with Gasteiger partial charge in [-0.1, -0.05) is 23.8 Å². The molecule has 0 saturated carbocycles. The number of aryl methyl sites for hydroxylation is 3. The van der Waals surface area contributed by atoms with Crippen molar-refractivity contribution in [2.24, 2.45) is 0 Å². The Morgan fingerprint density at radius 2 is 2.10 bits per heavy atom. The molecule has 1 aromatic carbocycles. The van der Waals surface area contributed by atoms with Crippen LogP contribution in [0.15, 0.2) is 24.4 Å². The summed E-state index contributed by atoms with van der Waals surface area (Å²) in [5, 5.41) is 4.12. The first-order valence-electron chi connectivity index (χ1n) is 7.07. The highest BCUT2D eigenvalue weighted by atomic mass is 16.2. The molecule has 5 heteroatoms. The third kappa shape index (κ3) is 3.07. The van der Waals surface area contributed by atoms with Gasteiger partial charge in [-0.05, 0) is 31.9 Å². The van der Waals surface area contributed by atoms with Gasteiger partial charge in [-0.3, -0.25) is 9.48 Å². The summed E-state index contributed by atoms with van der Waals surface area (Å²) < 4.78 is 1.64. The van der Waals surface area contributed by atoms with E-state index in [1.54, 1.807) is 16.6 Å². The number of benzene rings is 1. The molecule has 0 unspecified atom stereocenters. The highest BCUT2D eigenvalue weighted by Crippen LogP contribution is 2.17. The fourth-order valence-corrected chi connectivity index (χ4v) is 2.40. The van der Waals surface area contributed by atoms with Crippen LogP contribution in [0.2, 0.25) is 0 Å². The standard InChI is InChI=1S/C16H22N4O/c1-5-20-15(14(17)9-18-20)16(21)19(4)10-13-7-6-11(2)8-12(13)3/h6-9H,5,10,17H2,1-4H3. The van der Waals surface area contributed by atoms with Crippen molar-refractivity contribution in [3.8, 4) is 0 Å². The first-order chi connectivity index (χ1) is 9.93. The molecule has 0 aliphatic heterocycles. The van der Waals surface area contributed by atoms with Crippen molar-refractivity contribution in [3.05, 3.63) is 46.8 Å². The highest BCUT2D eigenvalue weighted by molar-refractivity contribution is 5.97. The summed E-state index contributed by atoms with van der Waals surface area (Å²) in [5.74, 6) is -0.105. The number of hydrogen-bond acceptors (Lipinski definition) is 3. The summed E-state index contributed by atoms with van der Waals surface area (Å²) in [6.45, 7) is 7.24. The van der Waals surface area contributed by atoms with Gasteiger partial charge in [-0.25, -0.2) is 0 Å². The van der Waals surface area contributed by atoms with Crippen molar-refractivity contribution in [1.29, 1.82) is 0 Å². The number of anilines is 1. The molecular weight excluding hydrogens is 264 g/mol. The molecular formula is C16H22N4O. The Balaban J connectivity index is 2.21. The van der Waals surface area contributed by atoms with Crippen LogP contribution < -0.4 is 5.73 Å². The second-order valence-electron chi connectivity index (χ2n) is 5.36. The van der Waals surface area contributed by atoms with Crippen LogP contribution in [-0.2, 0) is 13.1 Å². The molecule has 5 nitrogen and oxygen atoms in total. The number of nitrogens with zero attached hydrogens (tertiary/aromatic N) is 3. The predicted octanol–water partition coefficient (Wildman–Crippen LogP) is 2.37. The quantitative estimate of drug-likeness (QED) is 0.938. The molecule has 112 valence electrons. The van der Waals surface area contributed by atoms with Crippen LogP contribution in [0.1, 0.15) is 34.1 Å². The van der Waals surface area contributed by atoms with Crippen molar-refractivity contribution in [1.82, 2.24) is 14.7 Å². The lowest BCUT2D eigenvalue weighted by Gasteiger charge is -2.19.